The maximum atomic E-state index is 12.0. The number of nitrogens with zero attached hydrogens (tertiary/aromatic N) is 3. The summed E-state index contributed by atoms with van der Waals surface area (Å²) in [6, 6.07) is 5.18. The zero-order valence-corrected chi connectivity index (χ0v) is 9.71. The summed E-state index contributed by atoms with van der Waals surface area (Å²) in [5.74, 6) is -0.0453. The van der Waals surface area contributed by atoms with Crippen LogP contribution in [0.1, 0.15) is 23.8 Å². The van der Waals surface area contributed by atoms with E-state index in [1.165, 1.54) is 0 Å². The number of hydrogen-bond acceptors (Lipinski definition) is 4. The smallest absolute Gasteiger partial charge is 0.272 e. The van der Waals surface area contributed by atoms with Crippen LogP contribution in [0.4, 0.5) is 0 Å². The number of rotatable bonds is 5. The molecule has 0 unspecified atom stereocenters. The van der Waals surface area contributed by atoms with Gasteiger partial charge in [-0.3, -0.25) is 9.78 Å². The molecule has 0 aliphatic carbocycles. The molecule has 0 aromatic carbocycles. The first-order valence-electron chi connectivity index (χ1n) is 5.35. The zero-order valence-electron chi connectivity index (χ0n) is 9.71. The third kappa shape index (κ3) is 3.75. The molecule has 0 saturated carbocycles. The minimum Gasteiger partial charge on any atom is -0.409 e. The number of nitrogens with two attached hydrogens (primary N) is 1. The predicted octanol–water partition coefficient (Wildman–Crippen LogP) is 0.680. The highest BCUT2D eigenvalue weighted by Gasteiger charge is 2.14. The predicted molar refractivity (Wildman–Crippen MR) is 63.8 cm³/mol. The van der Waals surface area contributed by atoms with Crippen LogP contribution in [0, 0.1) is 0 Å². The Bertz CT molecular complexity index is 392. The number of carbonyl (C=O) groups excluding carboxylic acids is 1. The first-order valence-corrected chi connectivity index (χ1v) is 5.35. The van der Waals surface area contributed by atoms with Gasteiger partial charge in [0.05, 0.1) is 0 Å². The van der Waals surface area contributed by atoms with E-state index in [4.69, 9.17) is 10.9 Å². The standard InChI is InChI=1S/C11H16N4O2/c1-2-15(8-6-10(12)14-17)11(16)9-5-3-4-7-13-9/h3-5,7,17H,2,6,8H2,1H3,(H2,12,14). The van der Waals surface area contributed by atoms with Gasteiger partial charge in [-0.05, 0) is 19.1 Å². The molecule has 0 saturated heterocycles. The van der Waals surface area contributed by atoms with Gasteiger partial charge in [-0.2, -0.15) is 0 Å². The van der Waals surface area contributed by atoms with Crippen LogP contribution in [0.2, 0.25) is 0 Å². The molecular formula is C11H16N4O2. The third-order valence-electron chi connectivity index (χ3n) is 2.32. The van der Waals surface area contributed by atoms with Crippen LogP contribution in [0.5, 0.6) is 0 Å². The summed E-state index contributed by atoms with van der Waals surface area (Å²) in [6.07, 6.45) is 1.91. The van der Waals surface area contributed by atoms with Crippen molar-refractivity contribution in [3.8, 4) is 0 Å². The molecule has 1 amide bonds. The lowest BCUT2D eigenvalue weighted by molar-refractivity contribution is 0.0762. The molecule has 6 heteroatoms. The molecule has 0 aliphatic rings. The number of oxime groups is 1. The number of aromatic nitrogens is 1. The topological polar surface area (TPSA) is 91.8 Å². The molecular weight excluding hydrogens is 220 g/mol. The summed E-state index contributed by atoms with van der Waals surface area (Å²) in [7, 11) is 0. The van der Waals surface area contributed by atoms with Gasteiger partial charge in [0.2, 0.25) is 0 Å². The maximum absolute atomic E-state index is 12.0. The molecule has 0 atom stereocenters. The van der Waals surface area contributed by atoms with E-state index < -0.39 is 0 Å². The van der Waals surface area contributed by atoms with Crippen molar-refractivity contribution in [2.45, 2.75) is 13.3 Å². The lowest BCUT2D eigenvalue weighted by Gasteiger charge is -2.19. The Labute approximate surface area is 99.7 Å². The highest BCUT2D eigenvalue weighted by Crippen LogP contribution is 2.02. The van der Waals surface area contributed by atoms with E-state index in [2.05, 4.69) is 10.1 Å². The summed E-state index contributed by atoms with van der Waals surface area (Å²) in [5.41, 5.74) is 5.76. The minimum absolute atomic E-state index is 0.109. The van der Waals surface area contributed by atoms with E-state index in [1.807, 2.05) is 6.92 Å². The number of carbonyl (C=O) groups is 1. The lowest BCUT2D eigenvalue weighted by atomic mass is 10.3. The van der Waals surface area contributed by atoms with E-state index in [1.54, 1.807) is 29.3 Å². The molecule has 0 fully saturated rings. The van der Waals surface area contributed by atoms with Crippen molar-refractivity contribution in [2.75, 3.05) is 13.1 Å². The Kier molecular flexibility index (Phi) is 4.93. The van der Waals surface area contributed by atoms with E-state index in [-0.39, 0.29) is 11.7 Å². The largest absolute Gasteiger partial charge is 0.409 e. The van der Waals surface area contributed by atoms with Gasteiger partial charge in [0, 0.05) is 25.7 Å². The van der Waals surface area contributed by atoms with Crippen molar-refractivity contribution < 1.29 is 10.0 Å². The summed E-state index contributed by atoms with van der Waals surface area (Å²) < 4.78 is 0. The van der Waals surface area contributed by atoms with E-state index in [9.17, 15) is 4.79 Å². The first kappa shape index (κ1) is 13.0. The number of pyridine rings is 1. The maximum Gasteiger partial charge on any atom is 0.272 e. The summed E-state index contributed by atoms with van der Waals surface area (Å²) in [4.78, 5) is 17.6. The van der Waals surface area contributed by atoms with Crippen LogP contribution in [-0.2, 0) is 0 Å². The highest BCUT2D eigenvalue weighted by atomic mass is 16.4. The van der Waals surface area contributed by atoms with Crippen LogP contribution >= 0.6 is 0 Å². The molecule has 1 heterocycles. The van der Waals surface area contributed by atoms with Crippen molar-refractivity contribution in [1.82, 2.24) is 9.88 Å². The SMILES string of the molecule is CCN(CCC(N)=NO)C(=O)c1ccccn1. The van der Waals surface area contributed by atoms with Crippen LogP contribution in [0.15, 0.2) is 29.6 Å². The lowest BCUT2D eigenvalue weighted by Crippen LogP contribution is -2.34. The average Bonchev–Trinajstić information content (AvgIpc) is 2.39. The highest BCUT2D eigenvalue weighted by molar-refractivity contribution is 5.92. The molecule has 0 spiro atoms. The van der Waals surface area contributed by atoms with Crippen LogP contribution in [0.3, 0.4) is 0 Å². The van der Waals surface area contributed by atoms with E-state index in [0.717, 1.165) is 0 Å². The van der Waals surface area contributed by atoms with E-state index in [0.29, 0.717) is 25.2 Å². The van der Waals surface area contributed by atoms with Gasteiger partial charge in [0.25, 0.3) is 5.91 Å². The number of amides is 1. The molecule has 1 rings (SSSR count). The van der Waals surface area contributed by atoms with E-state index >= 15 is 0 Å². The fraction of sp³-hybridized carbons (Fsp3) is 0.364. The Morgan fingerprint density at radius 3 is 2.88 bits per heavy atom. The Balaban J connectivity index is 2.65. The monoisotopic (exact) mass is 236 g/mol. The van der Waals surface area contributed by atoms with Gasteiger partial charge in [0.15, 0.2) is 0 Å². The van der Waals surface area contributed by atoms with Crippen molar-refractivity contribution in [1.29, 1.82) is 0 Å². The fourth-order valence-corrected chi connectivity index (χ4v) is 1.35. The average molecular weight is 236 g/mol. The molecule has 92 valence electrons. The number of hydrogen-bond donors (Lipinski definition) is 2. The van der Waals surface area contributed by atoms with Crippen molar-refractivity contribution in [3.05, 3.63) is 30.1 Å². The zero-order chi connectivity index (χ0) is 12.7. The molecule has 17 heavy (non-hydrogen) atoms. The molecule has 0 radical (unpaired) electrons. The Hall–Kier alpha value is -2.11. The minimum atomic E-state index is -0.154. The Morgan fingerprint density at radius 1 is 1.59 bits per heavy atom. The van der Waals surface area contributed by atoms with Gasteiger partial charge in [-0.15, -0.1) is 0 Å². The summed E-state index contributed by atoms with van der Waals surface area (Å²) >= 11 is 0. The van der Waals surface area contributed by atoms with Crippen LogP contribution in [0.25, 0.3) is 0 Å². The molecule has 3 N–H and O–H groups in total. The molecule has 0 bridgehead atoms. The van der Waals surface area contributed by atoms with Gasteiger partial charge in [-0.1, -0.05) is 11.2 Å². The van der Waals surface area contributed by atoms with Crippen LogP contribution in [-0.4, -0.2) is 39.9 Å². The third-order valence-corrected chi connectivity index (χ3v) is 2.32. The second-order valence-electron chi connectivity index (χ2n) is 3.44. The molecule has 6 nitrogen and oxygen atoms in total. The van der Waals surface area contributed by atoms with Gasteiger partial charge >= 0.3 is 0 Å². The Morgan fingerprint density at radius 2 is 2.35 bits per heavy atom. The van der Waals surface area contributed by atoms with Gasteiger partial charge in [-0.25, -0.2) is 0 Å². The molecule has 0 aliphatic heterocycles. The molecule has 1 aromatic rings. The first-order chi connectivity index (χ1) is 8.19. The fourth-order valence-electron chi connectivity index (χ4n) is 1.35. The normalized spacial score (nSPS) is 11.2. The van der Waals surface area contributed by atoms with Gasteiger partial charge in [0.1, 0.15) is 11.5 Å². The summed E-state index contributed by atoms with van der Waals surface area (Å²) in [6.45, 7) is 2.82. The second-order valence-corrected chi connectivity index (χ2v) is 3.44. The molecule has 1 aromatic heterocycles. The van der Waals surface area contributed by atoms with Crippen LogP contribution < -0.4 is 5.73 Å². The summed E-state index contributed by atoms with van der Waals surface area (Å²) in [5, 5.41) is 11.3. The van der Waals surface area contributed by atoms with Crippen molar-refractivity contribution >= 4 is 11.7 Å². The van der Waals surface area contributed by atoms with Crippen molar-refractivity contribution in [3.63, 3.8) is 0 Å². The quantitative estimate of drug-likeness (QED) is 0.340. The van der Waals surface area contributed by atoms with Crippen molar-refractivity contribution in [2.24, 2.45) is 10.9 Å². The second kappa shape index (κ2) is 6.47. The number of amidine groups is 1. The van der Waals surface area contributed by atoms with Gasteiger partial charge < -0.3 is 15.8 Å².